The molecular weight excluding hydrogens is 742 g/mol. The van der Waals surface area contributed by atoms with E-state index in [0.29, 0.717) is 6.42 Å². The molecule has 1 amide bonds. The molecule has 2 atom stereocenters. The third kappa shape index (κ3) is 46.3. The number of nitrogens with one attached hydrogen (secondary N) is 1. The third-order valence-corrected chi connectivity index (χ3v) is 12.5. The van der Waals surface area contributed by atoms with E-state index < -0.39 is 26.6 Å². The minimum absolute atomic E-state index is 0.220. The summed E-state index contributed by atoms with van der Waals surface area (Å²) in [5.74, 6) is -0.220. The van der Waals surface area contributed by atoms with E-state index >= 15 is 0 Å². The summed E-state index contributed by atoms with van der Waals surface area (Å²) in [4.78, 5) is 31.0. The van der Waals surface area contributed by atoms with Crippen molar-refractivity contribution in [2.75, 3.05) is 6.61 Å². The summed E-state index contributed by atoms with van der Waals surface area (Å²) in [5.41, 5.74) is 0. The topological polar surface area (TPSA) is 116 Å². The molecule has 0 heterocycles. The van der Waals surface area contributed by atoms with Gasteiger partial charge in [-0.2, -0.15) is 0 Å². The van der Waals surface area contributed by atoms with Crippen LogP contribution in [-0.2, 0) is 13.9 Å². The zero-order valence-corrected chi connectivity index (χ0v) is 39.6. The zero-order valence-electron chi connectivity index (χ0n) is 38.7. The number of aliphatic hydroxyl groups excluding tert-OH is 1. The molecule has 0 aromatic rings. The number of rotatable bonds is 48. The van der Waals surface area contributed by atoms with Gasteiger partial charge in [-0.1, -0.05) is 270 Å². The van der Waals surface area contributed by atoms with Crippen LogP contribution < -0.4 is 5.32 Å². The second-order valence-corrected chi connectivity index (χ2v) is 19.1. The van der Waals surface area contributed by atoms with Gasteiger partial charge in [-0.25, -0.2) is 4.57 Å². The Morgan fingerprint density at radius 3 is 1.05 bits per heavy atom. The van der Waals surface area contributed by atoms with E-state index in [9.17, 15) is 24.3 Å². The quantitative estimate of drug-likeness (QED) is 0.0275. The highest BCUT2D eigenvalue weighted by molar-refractivity contribution is 7.46. The lowest BCUT2D eigenvalue weighted by Gasteiger charge is -2.22. The van der Waals surface area contributed by atoms with Crippen molar-refractivity contribution in [3.8, 4) is 0 Å². The normalized spacial score (nSPS) is 13.1. The van der Waals surface area contributed by atoms with Crippen molar-refractivity contribution in [2.45, 2.75) is 296 Å². The molecule has 0 saturated heterocycles. The smallest absolute Gasteiger partial charge is 0.387 e. The molecule has 0 saturated carbocycles. The molecule has 0 spiro atoms. The lowest BCUT2D eigenvalue weighted by molar-refractivity contribution is -0.123. The maximum Gasteiger partial charge on any atom is 0.469 e. The second kappa shape index (κ2) is 45.8. The number of aliphatic hydroxyl groups is 1. The molecule has 0 aliphatic carbocycles. The lowest BCUT2D eigenvalue weighted by Crippen LogP contribution is -2.45. The summed E-state index contributed by atoms with van der Waals surface area (Å²) in [6.07, 6.45) is 57.0. The Labute approximate surface area is 361 Å². The Hall–Kier alpha value is -0.720. The van der Waals surface area contributed by atoms with Crippen molar-refractivity contribution in [1.29, 1.82) is 0 Å². The van der Waals surface area contributed by atoms with E-state index in [4.69, 9.17) is 0 Å². The molecule has 0 unspecified atom stereocenters. The maximum atomic E-state index is 12.6. The van der Waals surface area contributed by atoms with Gasteiger partial charge >= 0.3 is 7.82 Å². The zero-order chi connectivity index (χ0) is 42.5. The number of carbonyl (C=O) groups is 1. The number of unbranched alkanes of at least 4 members (excludes halogenated alkanes) is 39. The van der Waals surface area contributed by atoms with Gasteiger partial charge in [0.2, 0.25) is 5.91 Å². The molecule has 0 rings (SSSR count). The van der Waals surface area contributed by atoms with Gasteiger partial charge in [-0.3, -0.25) is 9.32 Å². The standard InChI is InChI=1S/C50H100NO6P/c1-3-5-7-9-11-13-15-17-19-20-21-22-23-24-25-26-27-28-29-30-31-32-34-36-38-40-42-44-46-50(53)51-48(47-57-58(54,55)56)49(52)45-43-41-39-37-35-33-18-16-14-12-10-8-6-4-2/h43,45,48-49,52H,3-42,44,46-47H2,1-2H3,(H,51,53)(H2,54,55,56)/b45-43+/t48-,49+/m0/s1. The van der Waals surface area contributed by atoms with Crippen LogP contribution in [0.4, 0.5) is 0 Å². The van der Waals surface area contributed by atoms with Crippen LogP contribution in [0.5, 0.6) is 0 Å². The van der Waals surface area contributed by atoms with E-state index in [1.54, 1.807) is 6.08 Å². The summed E-state index contributed by atoms with van der Waals surface area (Å²) in [7, 11) is -4.71. The molecular formula is C50H100NO6P. The van der Waals surface area contributed by atoms with Gasteiger partial charge < -0.3 is 20.2 Å². The largest absolute Gasteiger partial charge is 0.469 e. The summed E-state index contributed by atoms with van der Waals surface area (Å²) >= 11 is 0. The van der Waals surface area contributed by atoms with Crippen LogP contribution in [0.1, 0.15) is 284 Å². The molecule has 7 nitrogen and oxygen atoms in total. The molecule has 8 heteroatoms. The van der Waals surface area contributed by atoms with Gasteiger partial charge in [-0.15, -0.1) is 0 Å². The number of hydrogen-bond donors (Lipinski definition) is 4. The second-order valence-electron chi connectivity index (χ2n) is 17.9. The van der Waals surface area contributed by atoms with Crippen LogP contribution in [0.2, 0.25) is 0 Å². The molecule has 0 radical (unpaired) electrons. The molecule has 346 valence electrons. The monoisotopic (exact) mass is 842 g/mol. The number of allylic oxidation sites excluding steroid dienone is 1. The minimum Gasteiger partial charge on any atom is -0.387 e. The highest BCUT2D eigenvalue weighted by atomic mass is 31.2. The van der Waals surface area contributed by atoms with Crippen molar-refractivity contribution in [2.24, 2.45) is 0 Å². The number of phosphoric ester groups is 1. The molecule has 58 heavy (non-hydrogen) atoms. The van der Waals surface area contributed by atoms with Crippen molar-refractivity contribution < 1.29 is 28.8 Å². The van der Waals surface area contributed by atoms with Gasteiger partial charge in [0.1, 0.15) is 0 Å². The minimum atomic E-state index is -4.71. The maximum absolute atomic E-state index is 12.6. The summed E-state index contributed by atoms with van der Waals surface area (Å²) in [5, 5.41) is 13.4. The van der Waals surface area contributed by atoms with E-state index in [0.717, 1.165) is 38.5 Å². The highest BCUT2D eigenvalue weighted by Gasteiger charge is 2.24. The van der Waals surface area contributed by atoms with E-state index in [-0.39, 0.29) is 5.91 Å². The number of carbonyl (C=O) groups excluding carboxylic acids is 1. The van der Waals surface area contributed by atoms with Crippen LogP contribution >= 0.6 is 7.82 Å². The van der Waals surface area contributed by atoms with E-state index in [2.05, 4.69) is 23.7 Å². The first kappa shape index (κ1) is 57.3. The molecule has 0 aliphatic rings. The molecule has 0 aromatic carbocycles. The fourth-order valence-corrected chi connectivity index (χ4v) is 8.46. The fourth-order valence-electron chi connectivity index (χ4n) is 8.11. The molecule has 0 aliphatic heterocycles. The molecule has 0 fully saturated rings. The Balaban J connectivity index is 3.72. The SMILES string of the molecule is CCCCCCCCCCCCCC/C=C/[C@@H](O)[C@H](COP(=O)(O)O)NC(=O)CCCCCCCCCCCCCCCCCCCCCCCCCCCCCC. The van der Waals surface area contributed by atoms with E-state index in [1.165, 1.54) is 225 Å². The van der Waals surface area contributed by atoms with Gasteiger partial charge in [0.05, 0.1) is 18.8 Å². The molecule has 0 bridgehead atoms. The number of amides is 1. The summed E-state index contributed by atoms with van der Waals surface area (Å²) in [6, 6.07) is -0.905. The predicted molar refractivity (Wildman–Crippen MR) is 250 cm³/mol. The third-order valence-electron chi connectivity index (χ3n) is 12.0. The summed E-state index contributed by atoms with van der Waals surface area (Å²) < 4.78 is 16.0. The van der Waals surface area contributed by atoms with Crippen molar-refractivity contribution in [3.05, 3.63) is 12.2 Å². The first-order valence-corrected chi connectivity index (χ1v) is 27.2. The lowest BCUT2D eigenvalue weighted by atomic mass is 10.0. The Kier molecular flexibility index (Phi) is 45.2. The predicted octanol–water partition coefficient (Wildman–Crippen LogP) is 15.9. The molecule has 4 N–H and O–H groups in total. The fraction of sp³-hybridized carbons (Fsp3) is 0.940. The Bertz CT molecular complexity index is 911. The van der Waals surface area contributed by atoms with Gasteiger partial charge in [0.15, 0.2) is 0 Å². The average Bonchev–Trinajstić information content (AvgIpc) is 3.20. The van der Waals surface area contributed by atoms with Gasteiger partial charge in [0, 0.05) is 6.42 Å². The van der Waals surface area contributed by atoms with Crippen LogP contribution in [-0.4, -0.2) is 39.6 Å². The van der Waals surface area contributed by atoms with Crippen molar-refractivity contribution in [3.63, 3.8) is 0 Å². The summed E-state index contributed by atoms with van der Waals surface area (Å²) in [6.45, 7) is 4.10. The highest BCUT2D eigenvalue weighted by Crippen LogP contribution is 2.36. The van der Waals surface area contributed by atoms with Gasteiger partial charge in [0.25, 0.3) is 0 Å². The Morgan fingerprint density at radius 2 is 0.759 bits per heavy atom. The van der Waals surface area contributed by atoms with Crippen LogP contribution in [0.15, 0.2) is 12.2 Å². The molecule has 0 aromatic heterocycles. The van der Waals surface area contributed by atoms with Crippen molar-refractivity contribution in [1.82, 2.24) is 5.32 Å². The number of hydrogen-bond acceptors (Lipinski definition) is 4. The van der Waals surface area contributed by atoms with Crippen LogP contribution in [0, 0.1) is 0 Å². The first-order valence-electron chi connectivity index (χ1n) is 25.6. The Morgan fingerprint density at radius 1 is 0.483 bits per heavy atom. The van der Waals surface area contributed by atoms with E-state index in [1.807, 2.05) is 6.08 Å². The average molecular weight is 842 g/mol. The number of phosphoric acid groups is 1. The van der Waals surface area contributed by atoms with Crippen LogP contribution in [0.25, 0.3) is 0 Å². The first-order chi connectivity index (χ1) is 28.3. The van der Waals surface area contributed by atoms with Crippen LogP contribution in [0.3, 0.4) is 0 Å². The van der Waals surface area contributed by atoms with Gasteiger partial charge in [-0.05, 0) is 19.3 Å². The van der Waals surface area contributed by atoms with Crippen molar-refractivity contribution >= 4 is 13.7 Å².